The van der Waals surface area contributed by atoms with Gasteiger partial charge in [0.05, 0.1) is 19.1 Å². The summed E-state index contributed by atoms with van der Waals surface area (Å²) in [6, 6.07) is 0.219. The number of hydrogen-bond acceptors (Lipinski definition) is 3. The van der Waals surface area contributed by atoms with Crippen LogP contribution in [0.3, 0.4) is 0 Å². The van der Waals surface area contributed by atoms with Gasteiger partial charge in [-0.2, -0.15) is 0 Å². The minimum atomic E-state index is 0.148. The molecule has 2 aliphatic heterocycles. The van der Waals surface area contributed by atoms with Crippen LogP contribution in [-0.4, -0.2) is 49.2 Å². The molecule has 23 heavy (non-hydrogen) atoms. The highest BCUT2D eigenvalue weighted by molar-refractivity contribution is 5.76. The van der Waals surface area contributed by atoms with Crippen LogP contribution in [0.4, 0.5) is 0 Å². The Bertz CT molecular complexity index is 393. The second-order valence-corrected chi connectivity index (χ2v) is 8.27. The fraction of sp³-hybridized carbons (Fsp3) is 0.947. The molecule has 0 unspecified atom stereocenters. The number of fused-ring (bicyclic) bond motifs is 1. The van der Waals surface area contributed by atoms with Gasteiger partial charge in [-0.05, 0) is 51.5 Å². The second-order valence-electron chi connectivity index (χ2n) is 8.27. The van der Waals surface area contributed by atoms with Crippen molar-refractivity contribution in [1.29, 1.82) is 0 Å². The summed E-state index contributed by atoms with van der Waals surface area (Å²) < 4.78 is 6.00. The van der Waals surface area contributed by atoms with Crippen molar-refractivity contribution in [3.8, 4) is 0 Å². The molecule has 0 aromatic rings. The molecular formula is C19H34N2O2. The fourth-order valence-electron chi connectivity index (χ4n) is 4.84. The van der Waals surface area contributed by atoms with Gasteiger partial charge in [0.25, 0.3) is 0 Å². The van der Waals surface area contributed by atoms with Crippen LogP contribution in [-0.2, 0) is 9.53 Å². The van der Waals surface area contributed by atoms with E-state index < -0.39 is 0 Å². The molecule has 1 aliphatic carbocycles. The molecule has 0 radical (unpaired) electrons. The summed E-state index contributed by atoms with van der Waals surface area (Å²) >= 11 is 0. The summed E-state index contributed by atoms with van der Waals surface area (Å²) in [5, 5.41) is 3.00. The van der Waals surface area contributed by atoms with Gasteiger partial charge < -0.3 is 15.0 Å². The first-order valence-electron chi connectivity index (χ1n) is 9.75. The maximum absolute atomic E-state index is 12.0. The number of hydrogen-bond donors (Lipinski definition) is 1. The quantitative estimate of drug-likeness (QED) is 0.846. The van der Waals surface area contributed by atoms with Crippen molar-refractivity contribution in [3.63, 3.8) is 0 Å². The number of carbonyl (C=O) groups is 1. The third-order valence-corrected chi connectivity index (χ3v) is 5.96. The zero-order chi connectivity index (χ0) is 16.2. The monoisotopic (exact) mass is 322 g/mol. The van der Waals surface area contributed by atoms with E-state index in [-0.39, 0.29) is 18.1 Å². The maximum Gasteiger partial charge on any atom is 0.222 e. The molecular weight excluding hydrogens is 288 g/mol. The fourth-order valence-corrected chi connectivity index (χ4v) is 4.84. The third kappa shape index (κ3) is 4.69. The number of nitrogens with zero attached hydrogens (tertiary/aromatic N) is 1. The first-order valence-corrected chi connectivity index (χ1v) is 9.75. The van der Waals surface area contributed by atoms with Crippen LogP contribution in [0.5, 0.6) is 0 Å². The number of likely N-dealkylation sites (tertiary alicyclic amines) is 1. The predicted molar refractivity (Wildman–Crippen MR) is 92.2 cm³/mol. The molecule has 132 valence electrons. The van der Waals surface area contributed by atoms with Crippen LogP contribution in [0, 0.1) is 17.8 Å². The van der Waals surface area contributed by atoms with Gasteiger partial charge in [0, 0.05) is 25.0 Å². The van der Waals surface area contributed by atoms with E-state index in [0.717, 1.165) is 12.5 Å². The van der Waals surface area contributed by atoms with E-state index in [4.69, 9.17) is 4.74 Å². The lowest BCUT2D eigenvalue weighted by atomic mass is 9.82. The Morgan fingerprint density at radius 3 is 2.74 bits per heavy atom. The lowest BCUT2D eigenvalue weighted by Crippen LogP contribution is -2.44. The molecule has 0 aromatic heterocycles. The van der Waals surface area contributed by atoms with Crippen LogP contribution in [0.1, 0.15) is 58.8 Å². The van der Waals surface area contributed by atoms with Gasteiger partial charge in [0.1, 0.15) is 0 Å². The Morgan fingerprint density at radius 1 is 1.22 bits per heavy atom. The molecule has 1 saturated carbocycles. The second kappa shape index (κ2) is 7.98. The number of nitrogens with one attached hydrogen (secondary N) is 1. The summed E-state index contributed by atoms with van der Waals surface area (Å²) in [6.45, 7) is 8.56. The third-order valence-electron chi connectivity index (χ3n) is 5.96. The maximum atomic E-state index is 12.0. The first-order chi connectivity index (χ1) is 11.1. The van der Waals surface area contributed by atoms with E-state index in [2.05, 4.69) is 10.2 Å². The highest BCUT2D eigenvalue weighted by atomic mass is 16.5. The molecule has 0 spiro atoms. The highest BCUT2D eigenvalue weighted by Gasteiger charge is 2.41. The predicted octanol–water partition coefficient (Wildman–Crippen LogP) is 2.82. The number of carbonyl (C=O) groups excluding carboxylic acids is 1. The number of amides is 1. The number of rotatable bonds is 5. The molecule has 1 N–H and O–H groups in total. The van der Waals surface area contributed by atoms with Gasteiger partial charge in [-0.3, -0.25) is 4.79 Å². The molecule has 2 saturated heterocycles. The van der Waals surface area contributed by atoms with E-state index in [1.165, 1.54) is 58.2 Å². The lowest BCUT2D eigenvalue weighted by molar-refractivity contribution is -0.124. The summed E-state index contributed by atoms with van der Waals surface area (Å²) in [6.07, 6.45) is 9.06. The minimum absolute atomic E-state index is 0.148. The van der Waals surface area contributed by atoms with Crippen LogP contribution in [0.25, 0.3) is 0 Å². The molecule has 3 rings (SSSR count). The van der Waals surface area contributed by atoms with E-state index in [1.807, 2.05) is 13.8 Å². The summed E-state index contributed by atoms with van der Waals surface area (Å²) in [5.41, 5.74) is 0. The molecule has 2 heterocycles. The number of piperidine rings is 1. The van der Waals surface area contributed by atoms with Crippen molar-refractivity contribution >= 4 is 5.91 Å². The van der Waals surface area contributed by atoms with Crippen molar-refractivity contribution in [2.24, 2.45) is 17.8 Å². The molecule has 4 nitrogen and oxygen atoms in total. The van der Waals surface area contributed by atoms with Crippen LogP contribution in [0.15, 0.2) is 0 Å². The van der Waals surface area contributed by atoms with Gasteiger partial charge in [0.2, 0.25) is 5.91 Å². The van der Waals surface area contributed by atoms with Gasteiger partial charge in [-0.15, -0.1) is 0 Å². The van der Waals surface area contributed by atoms with E-state index >= 15 is 0 Å². The molecule has 3 fully saturated rings. The lowest BCUT2D eigenvalue weighted by Gasteiger charge is -2.38. The largest absolute Gasteiger partial charge is 0.377 e. The van der Waals surface area contributed by atoms with Crippen molar-refractivity contribution in [3.05, 3.63) is 0 Å². The molecule has 0 bridgehead atoms. The molecule has 0 aromatic carbocycles. The molecule has 1 amide bonds. The Balaban J connectivity index is 1.45. The first kappa shape index (κ1) is 17.2. The van der Waals surface area contributed by atoms with Gasteiger partial charge in [-0.1, -0.05) is 19.3 Å². The summed E-state index contributed by atoms with van der Waals surface area (Å²) in [7, 11) is 0. The summed E-state index contributed by atoms with van der Waals surface area (Å²) in [5.74, 6) is 2.31. The van der Waals surface area contributed by atoms with E-state index in [9.17, 15) is 4.79 Å². The van der Waals surface area contributed by atoms with Crippen LogP contribution >= 0.6 is 0 Å². The Labute approximate surface area is 141 Å². The summed E-state index contributed by atoms with van der Waals surface area (Å²) in [4.78, 5) is 14.7. The smallest absolute Gasteiger partial charge is 0.222 e. The molecule has 3 aliphatic rings. The van der Waals surface area contributed by atoms with Gasteiger partial charge in [0.15, 0.2) is 0 Å². The van der Waals surface area contributed by atoms with E-state index in [1.54, 1.807) is 0 Å². The normalized spacial score (nSPS) is 32.9. The van der Waals surface area contributed by atoms with Crippen molar-refractivity contribution in [1.82, 2.24) is 10.2 Å². The zero-order valence-electron chi connectivity index (χ0n) is 14.9. The zero-order valence-corrected chi connectivity index (χ0v) is 14.9. The Hall–Kier alpha value is -0.610. The Morgan fingerprint density at radius 2 is 2.00 bits per heavy atom. The number of ether oxygens (including phenoxy) is 1. The van der Waals surface area contributed by atoms with Crippen molar-refractivity contribution in [2.75, 3.05) is 26.2 Å². The minimum Gasteiger partial charge on any atom is -0.377 e. The Kier molecular flexibility index (Phi) is 5.97. The topological polar surface area (TPSA) is 41.6 Å². The van der Waals surface area contributed by atoms with Gasteiger partial charge in [-0.25, -0.2) is 0 Å². The van der Waals surface area contributed by atoms with Crippen molar-refractivity contribution in [2.45, 2.75) is 70.9 Å². The van der Waals surface area contributed by atoms with Crippen molar-refractivity contribution < 1.29 is 9.53 Å². The highest BCUT2D eigenvalue weighted by Crippen LogP contribution is 2.36. The molecule has 3 atom stereocenters. The average molecular weight is 322 g/mol. The SMILES string of the molecule is CC(C)NC(=O)C[C@@H]1OC[C@H]2CN(CC3CCCCC3)CC[C@H]21. The van der Waals surface area contributed by atoms with Crippen LogP contribution < -0.4 is 5.32 Å². The average Bonchev–Trinajstić information content (AvgIpc) is 2.90. The molecule has 4 heteroatoms. The van der Waals surface area contributed by atoms with Gasteiger partial charge >= 0.3 is 0 Å². The standard InChI is InChI=1S/C19H34N2O2/c1-14(2)20-19(22)10-18-17-8-9-21(12-16(17)13-23-18)11-15-6-4-3-5-7-15/h14-18H,3-13H2,1-2H3,(H,20,22)/t16-,17-,18+/m1/s1. The van der Waals surface area contributed by atoms with E-state index in [0.29, 0.717) is 18.3 Å². The van der Waals surface area contributed by atoms with Crippen LogP contribution in [0.2, 0.25) is 0 Å².